The highest BCUT2D eigenvalue weighted by atomic mass is 32.2. The molecule has 4 nitrogen and oxygen atoms in total. The smallest absolute Gasteiger partial charge is 0.352 e. The molecule has 0 aliphatic rings. The molecule has 0 bridgehead atoms. The normalized spacial score (nSPS) is 12.4. The maximum absolute atomic E-state index is 11.2. The van der Waals surface area contributed by atoms with Crippen LogP contribution in [0.15, 0.2) is 12.3 Å². The molecule has 0 spiro atoms. The predicted octanol–water partition coefficient (Wildman–Crippen LogP) is 2.14. The number of aromatic nitrogens is 1. The average Bonchev–Trinajstić information content (AvgIpc) is 2.61. The van der Waals surface area contributed by atoms with Gasteiger partial charge in [0, 0.05) is 23.6 Å². The van der Waals surface area contributed by atoms with Crippen LogP contribution in [0.5, 0.6) is 0 Å². The number of hydrogen-bond donors (Lipinski definition) is 1. The lowest BCUT2D eigenvalue weighted by molar-refractivity contribution is 0.0685. The van der Waals surface area contributed by atoms with Crippen LogP contribution in [0.3, 0.4) is 0 Å². The van der Waals surface area contributed by atoms with E-state index in [-0.39, 0.29) is 11.5 Å². The molecule has 1 aromatic rings. The minimum atomic E-state index is -0.999. The van der Waals surface area contributed by atoms with E-state index in [4.69, 9.17) is 5.11 Å². The molecule has 16 heavy (non-hydrogen) atoms. The van der Waals surface area contributed by atoms with Crippen molar-refractivity contribution in [3.05, 3.63) is 23.5 Å². The first-order valence-electron chi connectivity index (χ1n) is 4.93. The molecule has 0 fully saturated rings. The zero-order valence-corrected chi connectivity index (χ0v) is 10.4. The summed E-state index contributed by atoms with van der Waals surface area (Å²) in [5.41, 5.74) is 0.622. The van der Waals surface area contributed by atoms with Gasteiger partial charge in [-0.3, -0.25) is 4.79 Å². The third-order valence-corrected chi connectivity index (χ3v) is 3.33. The number of Topliss-reactive ketones (excluding diaryl/α,β-unsaturated/α-hetero) is 1. The number of aromatic carboxylic acids is 1. The lowest BCUT2D eigenvalue weighted by Crippen LogP contribution is -2.13. The molecule has 0 amide bonds. The molecule has 0 saturated heterocycles. The molecule has 0 aromatic carbocycles. The van der Waals surface area contributed by atoms with Crippen LogP contribution in [0.2, 0.25) is 0 Å². The summed E-state index contributed by atoms with van der Waals surface area (Å²) in [6.45, 7) is 4.04. The molecule has 0 radical (unpaired) electrons. The Morgan fingerprint density at radius 1 is 1.56 bits per heavy atom. The summed E-state index contributed by atoms with van der Waals surface area (Å²) in [4.78, 5) is 22.2. The number of carboxylic acids is 1. The summed E-state index contributed by atoms with van der Waals surface area (Å²) in [7, 11) is 0. The summed E-state index contributed by atoms with van der Waals surface area (Å²) in [5, 5.41) is 9.32. The van der Waals surface area contributed by atoms with Crippen LogP contribution in [0.1, 0.15) is 34.7 Å². The van der Waals surface area contributed by atoms with Gasteiger partial charge in [0.25, 0.3) is 0 Å². The first kappa shape index (κ1) is 12.8. The van der Waals surface area contributed by atoms with Crippen LogP contribution >= 0.6 is 11.8 Å². The molecule has 1 atom stereocenters. The van der Waals surface area contributed by atoms with E-state index in [1.54, 1.807) is 22.5 Å². The maximum atomic E-state index is 11.2. The monoisotopic (exact) mass is 241 g/mol. The van der Waals surface area contributed by atoms with E-state index in [0.717, 1.165) is 0 Å². The van der Waals surface area contributed by atoms with E-state index in [2.05, 4.69) is 0 Å². The third kappa shape index (κ3) is 2.88. The van der Waals surface area contributed by atoms with Crippen LogP contribution in [0, 0.1) is 0 Å². The van der Waals surface area contributed by atoms with E-state index < -0.39 is 5.97 Å². The fraction of sp³-hybridized carbons (Fsp3) is 0.455. The Morgan fingerprint density at radius 3 is 2.62 bits per heavy atom. The van der Waals surface area contributed by atoms with Crippen molar-refractivity contribution < 1.29 is 14.7 Å². The molecule has 1 heterocycles. The molecule has 0 aliphatic heterocycles. The van der Waals surface area contributed by atoms with E-state index in [0.29, 0.717) is 17.4 Å². The second kappa shape index (κ2) is 5.21. The quantitative estimate of drug-likeness (QED) is 0.802. The maximum Gasteiger partial charge on any atom is 0.352 e. The minimum Gasteiger partial charge on any atom is -0.477 e. The molecule has 88 valence electrons. The van der Waals surface area contributed by atoms with E-state index >= 15 is 0 Å². The fourth-order valence-electron chi connectivity index (χ4n) is 1.38. The van der Waals surface area contributed by atoms with Crippen molar-refractivity contribution in [1.29, 1.82) is 0 Å². The number of thioether (sulfide) groups is 1. The van der Waals surface area contributed by atoms with E-state index in [1.165, 1.54) is 13.0 Å². The van der Waals surface area contributed by atoms with E-state index in [1.807, 2.05) is 13.2 Å². The summed E-state index contributed by atoms with van der Waals surface area (Å²) >= 11 is 1.66. The topological polar surface area (TPSA) is 59.3 Å². The fourth-order valence-corrected chi connectivity index (χ4v) is 1.69. The third-order valence-electron chi connectivity index (χ3n) is 2.38. The highest BCUT2D eigenvalue weighted by Gasteiger charge is 2.15. The second-order valence-electron chi connectivity index (χ2n) is 3.67. The molecule has 1 unspecified atom stereocenters. The van der Waals surface area contributed by atoms with Gasteiger partial charge < -0.3 is 9.67 Å². The summed E-state index contributed by atoms with van der Waals surface area (Å²) < 4.78 is 1.63. The molecular weight excluding hydrogens is 226 g/mol. The van der Waals surface area contributed by atoms with Crippen LogP contribution in [-0.4, -0.2) is 32.9 Å². The Balaban J connectivity index is 3.05. The number of nitrogens with zero attached hydrogens (tertiary/aromatic N) is 1. The van der Waals surface area contributed by atoms with Gasteiger partial charge in [0.05, 0.1) is 0 Å². The van der Waals surface area contributed by atoms with Gasteiger partial charge >= 0.3 is 5.97 Å². The van der Waals surface area contributed by atoms with Crippen molar-refractivity contribution in [1.82, 2.24) is 4.57 Å². The Bertz CT molecular complexity index is 411. The van der Waals surface area contributed by atoms with Crippen LogP contribution in [0.25, 0.3) is 0 Å². The van der Waals surface area contributed by atoms with Gasteiger partial charge in [0.1, 0.15) is 5.69 Å². The standard InChI is InChI=1S/C11H15NO3S/c1-7(16-3)5-12-6-9(8(2)13)4-10(12)11(14)15/h4,6-7H,5H2,1-3H3,(H,14,15). The molecule has 0 aliphatic carbocycles. The number of carbonyl (C=O) groups is 2. The van der Waals surface area contributed by atoms with Gasteiger partial charge in [0.15, 0.2) is 5.78 Å². The number of ketones is 1. The van der Waals surface area contributed by atoms with Gasteiger partial charge in [-0.2, -0.15) is 11.8 Å². The Labute approximate surface area is 98.6 Å². The molecule has 1 rings (SSSR count). The number of carbonyl (C=O) groups excluding carboxylic acids is 1. The van der Waals surface area contributed by atoms with Crippen LogP contribution < -0.4 is 0 Å². The van der Waals surface area contributed by atoms with Gasteiger partial charge in [-0.25, -0.2) is 4.79 Å². The SMILES string of the molecule is CSC(C)Cn1cc(C(C)=O)cc1C(=O)O. The number of carboxylic acid groups (broad SMARTS) is 1. The van der Waals surface area contributed by atoms with Crippen molar-refractivity contribution >= 4 is 23.5 Å². The van der Waals surface area contributed by atoms with Crippen molar-refractivity contribution in [3.63, 3.8) is 0 Å². The first-order chi connectivity index (χ1) is 7.45. The predicted molar refractivity (Wildman–Crippen MR) is 64.4 cm³/mol. The van der Waals surface area contributed by atoms with Crippen LogP contribution in [0.4, 0.5) is 0 Å². The zero-order valence-electron chi connectivity index (χ0n) is 9.56. The Kier molecular flexibility index (Phi) is 4.18. The number of rotatable bonds is 5. The summed E-state index contributed by atoms with van der Waals surface area (Å²) in [6.07, 6.45) is 3.58. The Hall–Kier alpha value is -1.23. The lowest BCUT2D eigenvalue weighted by Gasteiger charge is -2.10. The van der Waals surface area contributed by atoms with Gasteiger partial charge in [-0.05, 0) is 19.2 Å². The second-order valence-corrected chi connectivity index (χ2v) is 4.95. The zero-order chi connectivity index (χ0) is 12.3. The van der Waals surface area contributed by atoms with Crippen molar-refractivity contribution in [2.24, 2.45) is 0 Å². The summed E-state index contributed by atoms with van der Waals surface area (Å²) in [6, 6.07) is 1.43. The number of hydrogen-bond acceptors (Lipinski definition) is 3. The summed E-state index contributed by atoms with van der Waals surface area (Å²) in [5.74, 6) is -1.11. The first-order valence-corrected chi connectivity index (χ1v) is 6.21. The van der Waals surface area contributed by atoms with Gasteiger partial charge in [-0.1, -0.05) is 6.92 Å². The highest BCUT2D eigenvalue weighted by molar-refractivity contribution is 7.99. The van der Waals surface area contributed by atoms with Gasteiger partial charge in [0.2, 0.25) is 0 Å². The average molecular weight is 241 g/mol. The van der Waals surface area contributed by atoms with E-state index in [9.17, 15) is 9.59 Å². The largest absolute Gasteiger partial charge is 0.477 e. The molecule has 5 heteroatoms. The van der Waals surface area contributed by atoms with Crippen molar-refractivity contribution in [2.45, 2.75) is 25.6 Å². The molecular formula is C11H15NO3S. The molecule has 1 aromatic heterocycles. The highest BCUT2D eigenvalue weighted by Crippen LogP contribution is 2.14. The minimum absolute atomic E-state index is 0.113. The molecule has 1 N–H and O–H groups in total. The van der Waals surface area contributed by atoms with Crippen molar-refractivity contribution in [2.75, 3.05) is 6.26 Å². The van der Waals surface area contributed by atoms with Gasteiger partial charge in [-0.15, -0.1) is 0 Å². The lowest BCUT2D eigenvalue weighted by atomic mass is 10.2. The van der Waals surface area contributed by atoms with Crippen molar-refractivity contribution in [3.8, 4) is 0 Å². The Morgan fingerprint density at radius 2 is 2.19 bits per heavy atom. The molecule has 0 saturated carbocycles. The van der Waals surface area contributed by atoms with Crippen LogP contribution in [-0.2, 0) is 6.54 Å².